The molecule has 2 aromatic heterocycles. The van der Waals surface area contributed by atoms with Crippen molar-refractivity contribution in [1.29, 1.82) is 0 Å². The molecule has 4 rings (SSSR count). The van der Waals surface area contributed by atoms with Gasteiger partial charge in [-0.15, -0.1) is 0 Å². The van der Waals surface area contributed by atoms with Gasteiger partial charge < -0.3 is 10.7 Å². The number of halogens is 1. The first-order valence-electron chi connectivity index (χ1n) is 8.24. The fourth-order valence-corrected chi connectivity index (χ4v) is 3.25. The third kappa shape index (κ3) is 2.83. The number of rotatable bonds is 4. The van der Waals surface area contributed by atoms with Gasteiger partial charge >= 0.3 is 0 Å². The molecule has 0 radical (unpaired) electrons. The Morgan fingerprint density at radius 2 is 1.92 bits per heavy atom. The fourth-order valence-electron chi connectivity index (χ4n) is 3.25. The standard InChI is InChI=1S/C20H19FN4/c1-12-2-7-18-15(8-12)17(11-23-18)16(10-22)20-9-19(24-25-20)13-3-5-14(21)6-4-13/h2-9,11,16,23H,10,22H2,1H3,(H,24,25). The predicted octanol–water partition coefficient (Wildman–Crippen LogP) is 4.10. The van der Waals surface area contributed by atoms with Crippen LogP contribution >= 0.6 is 0 Å². The summed E-state index contributed by atoms with van der Waals surface area (Å²) in [6, 6.07) is 14.6. The molecule has 0 saturated carbocycles. The summed E-state index contributed by atoms with van der Waals surface area (Å²) in [5.74, 6) is -0.245. The van der Waals surface area contributed by atoms with Crippen molar-refractivity contribution in [3.05, 3.63) is 77.4 Å². The van der Waals surface area contributed by atoms with E-state index in [9.17, 15) is 4.39 Å². The first kappa shape index (κ1) is 15.6. The topological polar surface area (TPSA) is 70.5 Å². The van der Waals surface area contributed by atoms with Crippen LogP contribution in [0.3, 0.4) is 0 Å². The first-order chi connectivity index (χ1) is 12.2. The van der Waals surface area contributed by atoms with Gasteiger partial charge in [0.15, 0.2) is 0 Å². The molecule has 0 aliphatic rings. The number of H-pyrrole nitrogens is 2. The second-order valence-electron chi connectivity index (χ2n) is 6.30. The van der Waals surface area contributed by atoms with Gasteiger partial charge in [0.1, 0.15) is 5.82 Å². The van der Waals surface area contributed by atoms with Crippen LogP contribution in [-0.2, 0) is 0 Å². The highest BCUT2D eigenvalue weighted by molar-refractivity contribution is 5.85. The Labute approximate surface area is 144 Å². The van der Waals surface area contributed by atoms with Gasteiger partial charge in [-0.25, -0.2) is 4.39 Å². The molecule has 0 spiro atoms. The van der Waals surface area contributed by atoms with Gasteiger partial charge in [-0.1, -0.05) is 11.6 Å². The van der Waals surface area contributed by atoms with Crippen LogP contribution in [0.4, 0.5) is 4.39 Å². The Bertz CT molecular complexity index is 1010. The Hall–Kier alpha value is -2.92. The molecule has 0 bridgehead atoms. The van der Waals surface area contributed by atoms with Crippen molar-refractivity contribution < 1.29 is 4.39 Å². The monoisotopic (exact) mass is 334 g/mol. The summed E-state index contributed by atoms with van der Waals surface area (Å²) in [5, 5.41) is 8.65. The molecule has 4 nitrogen and oxygen atoms in total. The molecule has 0 amide bonds. The number of aromatic amines is 2. The number of benzene rings is 2. The van der Waals surface area contributed by atoms with Gasteiger partial charge in [-0.05, 0) is 55.0 Å². The van der Waals surface area contributed by atoms with Crippen LogP contribution < -0.4 is 5.73 Å². The van der Waals surface area contributed by atoms with E-state index in [0.29, 0.717) is 6.54 Å². The molecule has 2 aromatic carbocycles. The number of aryl methyl sites for hydroxylation is 1. The van der Waals surface area contributed by atoms with Crippen molar-refractivity contribution in [3.8, 4) is 11.3 Å². The molecule has 4 N–H and O–H groups in total. The van der Waals surface area contributed by atoms with Crippen molar-refractivity contribution in [3.63, 3.8) is 0 Å². The predicted molar refractivity (Wildman–Crippen MR) is 97.9 cm³/mol. The molecule has 126 valence electrons. The zero-order valence-electron chi connectivity index (χ0n) is 13.9. The molecule has 0 fully saturated rings. The van der Waals surface area contributed by atoms with Gasteiger partial charge in [0, 0.05) is 40.8 Å². The Morgan fingerprint density at radius 1 is 1.12 bits per heavy atom. The number of hydrogen-bond donors (Lipinski definition) is 3. The van der Waals surface area contributed by atoms with E-state index >= 15 is 0 Å². The Balaban J connectivity index is 1.74. The molecular weight excluding hydrogens is 315 g/mol. The van der Waals surface area contributed by atoms with Crippen molar-refractivity contribution in [2.75, 3.05) is 6.54 Å². The molecular formula is C20H19FN4. The Morgan fingerprint density at radius 3 is 2.68 bits per heavy atom. The highest BCUT2D eigenvalue weighted by Crippen LogP contribution is 2.31. The molecule has 4 aromatic rings. The van der Waals surface area contributed by atoms with Gasteiger partial charge in [-0.3, -0.25) is 5.10 Å². The summed E-state index contributed by atoms with van der Waals surface area (Å²) >= 11 is 0. The number of aromatic nitrogens is 3. The Kier molecular flexibility index (Phi) is 3.86. The molecule has 2 heterocycles. The van der Waals surface area contributed by atoms with Crippen LogP contribution in [0.1, 0.15) is 22.7 Å². The van der Waals surface area contributed by atoms with Crippen LogP contribution in [0.5, 0.6) is 0 Å². The normalized spacial score (nSPS) is 12.6. The summed E-state index contributed by atoms with van der Waals surface area (Å²) in [4.78, 5) is 3.31. The highest BCUT2D eigenvalue weighted by Gasteiger charge is 2.19. The minimum Gasteiger partial charge on any atom is -0.361 e. The van der Waals surface area contributed by atoms with Crippen molar-refractivity contribution >= 4 is 10.9 Å². The summed E-state index contributed by atoms with van der Waals surface area (Å²) in [7, 11) is 0. The van der Waals surface area contributed by atoms with Crippen LogP contribution in [0, 0.1) is 12.7 Å². The summed E-state index contributed by atoms with van der Waals surface area (Å²) in [6.07, 6.45) is 2.01. The lowest BCUT2D eigenvalue weighted by Crippen LogP contribution is -2.14. The second-order valence-corrected chi connectivity index (χ2v) is 6.30. The molecule has 1 atom stereocenters. The van der Waals surface area contributed by atoms with Crippen LogP contribution in [0.2, 0.25) is 0 Å². The number of nitrogens with one attached hydrogen (secondary N) is 2. The third-order valence-electron chi connectivity index (χ3n) is 4.59. The third-order valence-corrected chi connectivity index (χ3v) is 4.59. The molecule has 0 aliphatic carbocycles. The smallest absolute Gasteiger partial charge is 0.123 e. The number of fused-ring (bicyclic) bond motifs is 1. The lowest BCUT2D eigenvalue weighted by Gasteiger charge is -2.12. The molecule has 1 unspecified atom stereocenters. The average molecular weight is 334 g/mol. The molecule has 0 aliphatic heterocycles. The summed E-state index contributed by atoms with van der Waals surface area (Å²) < 4.78 is 13.1. The van der Waals surface area contributed by atoms with E-state index < -0.39 is 0 Å². The average Bonchev–Trinajstić information content (AvgIpc) is 3.25. The van der Waals surface area contributed by atoms with E-state index in [1.807, 2.05) is 12.3 Å². The maximum atomic E-state index is 13.1. The number of nitrogens with zero attached hydrogens (tertiary/aromatic N) is 1. The second kappa shape index (κ2) is 6.18. The van der Waals surface area contributed by atoms with E-state index in [-0.39, 0.29) is 11.7 Å². The van der Waals surface area contributed by atoms with E-state index in [1.165, 1.54) is 23.1 Å². The largest absolute Gasteiger partial charge is 0.361 e. The minimum absolute atomic E-state index is 0.0113. The van der Waals surface area contributed by atoms with E-state index in [1.54, 1.807) is 12.1 Å². The molecule has 5 heteroatoms. The van der Waals surface area contributed by atoms with Crippen LogP contribution in [0.15, 0.2) is 54.7 Å². The van der Waals surface area contributed by atoms with Gasteiger partial charge in [0.25, 0.3) is 0 Å². The van der Waals surface area contributed by atoms with Crippen molar-refractivity contribution in [2.45, 2.75) is 12.8 Å². The van der Waals surface area contributed by atoms with Gasteiger partial charge in [0.2, 0.25) is 0 Å². The van der Waals surface area contributed by atoms with Gasteiger partial charge in [0.05, 0.1) is 5.69 Å². The van der Waals surface area contributed by atoms with E-state index in [0.717, 1.165) is 28.0 Å². The summed E-state index contributed by atoms with van der Waals surface area (Å²) in [5.41, 5.74) is 12.1. The van der Waals surface area contributed by atoms with Gasteiger partial charge in [-0.2, -0.15) is 5.10 Å². The van der Waals surface area contributed by atoms with E-state index in [2.05, 4.69) is 40.3 Å². The van der Waals surface area contributed by atoms with Crippen molar-refractivity contribution in [1.82, 2.24) is 15.2 Å². The first-order valence-corrected chi connectivity index (χ1v) is 8.24. The molecule has 0 saturated heterocycles. The number of nitrogens with two attached hydrogens (primary N) is 1. The quantitative estimate of drug-likeness (QED) is 0.526. The SMILES string of the molecule is Cc1ccc2[nH]cc(C(CN)c3cc(-c4ccc(F)cc4)n[nH]3)c2c1. The van der Waals surface area contributed by atoms with E-state index in [4.69, 9.17) is 5.73 Å². The lowest BCUT2D eigenvalue weighted by molar-refractivity contribution is 0.628. The highest BCUT2D eigenvalue weighted by atomic mass is 19.1. The molecule has 25 heavy (non-hydrogen) atoms. The maximum absolute atomic E-state index is 13.1. The van der Waals surface area contributed by atoms with Crippen LogP contribution in [0.25, 0.3) is 22.2 Å². The fraction of sp³-hybridized carbons (Fsp3) is 0.150. The maximum Gasteiger partial charge on any atom is 0.123 e. The zero-order valence-corrected chi connectivity index (χ0v) is 13.9. The van der Waals surface area contributed by atoms with Crippen molar-refractivity contribution in [2.24, 2.45) is 5.73 Å². The van der Waals surface area contributed by atoms with Crippen LogP contribution in [-0.4, -0.2) is 21.7 Å². The summed E-state index contributed by atoms with van der Waals surface area (Å²) in [6.45, 7) is 2.54. The zero-order chi connectivity index (χ0) is 17.4. The lowest BCUT2D eigenvalue weighted by atomic mass is 9.94. The number of hydrogen-bond acceptors (Lipinski definition) is 2. The minimum atomic E-state index is -0.256.